The normalized spacial score (nSPS) is 17.5. The second kappa shape index (κ2) is 2.79. The summed E-state index contributed by atoms with van der Waals surface area (Å²) in [6.07, 6.45) is 0. The van der Waals surface area contributed by atoms with Crippen LogP contribution >= 0.6 is 0 Å². The van der Waals surface area contributed by atoms with E-state index in [0.717, 1.165) is 0 Å². The van der Waals surface area contributed by atoms with Gasteiger partial charge in [-0.25, -0.2) is 4.79 Å². The van der Waals surface area contributed by atoms with Gasteiger partial charge in [0.25, 0.3) is 0 Å². The molecule has 0 saturated heterocycles. The number of ether oxygens (including phenoxy) is 1. The maximum Gasteiger partial charge on any atom is 0.338 e. The van der Waals surface area contributed by atoms with E-state index >= 15 is 0 Å². The molecule has 2 N–H and O–H groups in total. The van der Waals surface area contributed by atoms with Crippen LogP contribution in [0.4, 0.5) is 0 Å². The fourth-order valence-electron chi connectivity index (χ4n) is 0.456. The molecule has 0 saturated carbocycles. The first kappa shape index (κ1) is 10.4. The molecule has 0 radical (unpaired) electrons. The second-order valence-corrected chi connectivity index (χ2v) is 3.09. The Morgan fingerprint density at radius 2 is 1.73 bits per heavy atom. The third kappa shape index (κ3) is 1.70. The molecular formula is C7H14O4. The lowest BCUT2D eigenvalue weighted by atomic mass is 9.88. The van der Waals surface area contributed by atoms with Crippen LogP contribution in [0.5, 0.6) is 0 Å². The number of carboxylic acid groups (broad SMARTS) is 1. The predicted molar refractivity (Wildman–Crippen MR) is 39.3 cm³/mol. The highest BCUT2D eigenvalue weighted by molar-refractivity contribution is 5.78. The van der Waals surface area contributed by atoms with Crippen molar-refractivity contribution in [3.05, 3.63) is 0 Å². The lowest BCUT2D eigenvalue weighted by Gasteiger charge is -2.34. The van der Waals surface area contributed by atoms with E-state index in [2.05, 4.69) is 0 Å². The fraction of sp³-hybridized carbons (Fsp3) is 0.857. The Kier molecular flexibility index (Phi) is 2.64. The molecule has 0 rings (SSSR count). The van der Waals surface area contributed by atoms with Gasteiger partial charge in [-0.2, -0.15) is 0 Å². The molecule has 0 amide bonds. The van der Waals surface area contributed by atoms with E-state index in [1.165, 1.54) is 27.9 Å². The topological polar surface area (TPSA) is 66.8 Å². The number of aliphatic hydroxyl groups is 1. The number of carboxylic acids is 1. The summed E-state index contributed by atoms with van der Waals surface area (Å²) in [4.78, 5) is 10.5. The average molecular weight is 162 g/mol. The van der Waals surface area contributed by atoms with Crippen LogP contribution in [-0.2, 0) is 9.53 Å². The Hall–Kier alpha value is -0.610. The van der Waals surface area contributed by atoms with Crippen molar-refractivity contribution < 1.29 is 19.7 Å². The van der Waals surface area contributed by atoms with Crippen LogP contribution in [0, 0.1) is 0 Å². The standard InChI is InChI=1S/C7H14O4/c1-6(2,11-4)7(3,10)5(8)9/h10H,1-4H3,(H,8,9). The number of rotatable bonds is 3. The zero-order chi connectivity index (χ0) is 9.28. The van der Waals surface area contributed by atoms with Crippen LogP contribution in [0.15, 0.2) is 0 Å². The van der Waals surface area contributed by atoms with Crippen LogP contribution in [0.1, 0.15) is 20.8 Å². The van der Waals surface area contributed by atoms with Crippen LogP contribution in [0.25, 0.3) is 0 Å². The van der Waals surface area contributed by atoms with Crippen LogP contribution in [0.3, 0.4) is 0 Å². The van der Waals surface area contributed by atoms with Gasteiger partial charge in [0.2, 0.25) is 0 Å². The molecule has 1 unspecified atom stereocenters. The minimum absolute atomic E-state index is 1.08. The Morgan fingerprint density at radius 1 is 1.36 bits per heavy atom. The van der Waals surface area contributed by atoms with Gasteiger partial charge in [0.1, 0.15) is 5.60 Å². The Labute approximate surface area is 65.8 Å². The highest BCUT2D eigenvalue weighted by Crippen LogP contribution is 2.24. The minimum Gasteiger partial charge on any atom is -0.479 e. The summed E-state index contributed by atoms with van der Waals surface area (Å²) >= 11 is 0. The summed E-state index contributed by atoms with van der Waals surface area (Å²) < 4.78 is 4.83. The predicted octanol–water partition coefficient (Wildman–Crippen LogP) is 0.247. The van der Waals surface area contributed by atoms with Gasteiger partial charge in [-0.1, -0.05) is 0 Å². The lowest BCUT2D eigenvalue weighted by Crippen LogP contribution is -2.54. The summed E-state index contributed by atoms with van der Waals surface area (Å²) in [5.74, 6) is -1.29. The average Bonchev–Trinajstić information content (AvgIpc) is 1.87. The van der Waals surface area contributed by atoms with Crippen molar-refractivity contribution >= 4 is 5.97 Å². The molecule has 4 heteroatoms. The third-order valence-electron chi connectivity index (χ3n) is 2.10. The number of aliphatic carboxylic acids is 1. The van der Waals surface area contributed by atoms with Crippen LogP contribution in [-0.4, -0.2) is 34.5 Å². The van der Waals surface area contributed by atoms with E-state index in [-0.39, 0.29) is 0 Å². The first-order valence-electron chi connectivity index (χ1n) is 3.26. The molecule has 4 nitrogen and oxygen atoms in total. The SMILES string of the molecule is COC(C)(C)C(C)(O)C(=O)O. The maximum absolute atomic E-state index is 10.5. The maximum atomic E-state index is 10.5. The van der Waals surface area contributed by atoms with E-state index in [1.54, 1.807) is 0 Å². The largest absolute Gasteiger partial charge is 0.479 e. The van der Waals surface area contributed by atoms with Gasteiger partial charge in [0.05, 0.1) is 0 Å². The van der Waals surface area contributed by atoms with E-state index in [4.69, 9.17) is 9.84 Å². The van der Waals surface area contributed by atoms with E-state index in [0.29, 0.717) is 0 Å². The first-order valence-corrected chi connectivity index (χ1v) is 3.26. The number of hydrogen-bond acceptors (Lipinski definition) is 3. The molecule has 0 bridgehead atoms. The molecular weight excluding hydrogens is 148 g/mol. The van der Waals surface area contributed by atoms with Crippen molar-refractivity contribution in [3.8, 4) is 0 Å². The zero-order valence-electron chi connectivity index (χ0n) is 7.21. The first-order chi connectivity index (χ1) is 4.75. The number of methoxy groups -OCH3 is 1. The van der Waals surface area contributed by atoms with Gasteiger partial charge in [0.15, 0.2) is 5.60 Å². The van der Waals surface area contributed by atoms with Gasteiger partial charge < -0.3 is 14.9 Å². The summed E-state index contributed by atoms with van der Waals surface area (Å²) in [6, 6.07) is 0. The van der Waals surface area contributed by atoms with Gasteiger partial charge in [-0.3, -0.25) is 0 Å². The number of carbonyl (C=O) groups is 1. The highest BCUT2D eigenvalue weighted by atomic mass is 16.5. The van der Waals surface area contributed by atoms with E-state index in [9.17, 15) is 9.90 Å². The number of hydrogen-bond donors (Lipinski definition) is 2. The fourth-order valence-corrected chi connectivity index (χ4v) is 0.456. The molecule has 11 heavy (non-hydrogen) atoms. The van der Waals surface area contributed by atoms with Gasteiger partial charge in [0, 0.05) is 7.11 Å². The van der Waals surface area contributed by atoms with Gasteiger partial charge in [-0.05, 0) is 20.8 Å². The smallest absolute Gasteiger partial charge is 0.338 e. The van der Waals surface area contributed by atoms with Crippen molar-refractivity contribution in [1.82, 2.24) is 0 Å². The second-order valence-electron chi connectivity index (χ2n) is 3.09. The highest BCUT2D eigenvalue weighted by Gasteiger charge is 2.46. The molecule has 0 fully saturated rings. The van der Waals surface area contributed by atoms with Crippen molar-refractivity contribution in [3.63, 3.8) is 0 Å². The van der Waals surface area contributed by atoms with Crippen molar-refractivity contribution in [2.45, 2.75) is 32.0 Å². The molecule has 0 spiro atoms. The molecule has 1 atom stereocenters. The summed E-state index contributed by atoms with van der Waals surface area (Å²) in [6.45, 7) is 4.24. The molecule has 0 aliphatic heterocycles. The van der Waals surface area contributed by atoms with Gasteiger partial charge >= 0.3 is 5.97 Å². The minimum atomic E-state index is -1.86. The molecule has 0 aliphatic carbocycles. The van der Waals surface area contributed by atoms with Crippen molar-refractivity contribution in [2.75, 3.05) is 7.11 Å². The summed E-state index contributed by atoms with van der Waals surface area (Å²) in [5.41, 5.74) is -2.94. The quantitative estimate of drug-likeness (QED) is 0.624. The zero-order valence-corrected chi connectivity index (χ0v) is 7.21. The third-order valence-corrected chi connectivity index (χ3v) is 2.10. The Morgan fingerprint density at radius 3 is 1.82 bits per heavy atom. The summed E-state index contributed by atoms with van der Waals surface area (Å²) in [7, 11) is 1.36. The lowest BCUT2D eigenvalue weighted by molar-refractivity contribution is -0.187. The molecule has 66 valence electrons. The molecule has 0 aromatic carbocycles. The Bertz CT molecular complexity index is 160. The van der Waals surface area contributed by atoms with Crippen LogP contribution < -0.4 is 0 Å². The summed E-state index contributed by atoms with van der Waals surface area (Å²) in [5, 5.41) is 18.0. The molecule has 0 aromatic rings. The monoisotopic (exact) mass is 162 g/mol. The van der Waals surface area contributed by atoms with E-state index in [1.807, 2.05) is 0 Å². The van der Waals surface area contributed by atoms with Crippen molar-refractivity contribution in [1.29, 1.82) is 0 Å². The van der Waals surface area contributed by atoms with Crippen molar-refractivity contribution in [2.24, 2.45) is 0 Å². The van der Waals surface area contributed by atoms with E-state index < -0.39 is 17.2 Å². The van der Waals surface area contributed by atoms with Gasteiger partial charge in [-0.15, -0.1) is 0 Å². The molecule has 0 aliphatic rings. The molecule has 0 aromatic heterocycles. The van der Waals surface area contributed by atoms with Crippen LogP contribution in [0.2, 0.25) is 0 Å². The Balaban J connectivity index is 4.67. The molecule has 0 heterocycles.